The Bertz CT molecular complexity index is 974. The number of benzene rings is 2. The zero-order valence-electron chi connectivity index (χ0n) is 16.8. The van der Waals surface area contributed by atoms with Crippen LogP contribution in [0, 0.1) is 0 Å². The number of halogens is 1. The number of nitrogens with one attached hydrogen (secondary N) is 1. The average Bonchev–Trinajstić information content (AvgIpc) is 3.21. The number of carbonyl (C=O) groups is 1. The van der Waals surface area contributed by atoms with Gasteiger partial charge in [-0.3, -0.25) is 9.00 Å². The van der Waals surface area contributed by atoms with Gasteiger partial charge in [0.2, 0.25) is 0 Å². The first-order chi connectivity index (χ1) is 14.5. The van der Waals surface area contributed by atoms with Crippen LogP contribution in [-0.4, -0.2) is 35.2 Å². The minimum atomic E-state index is -1.22. The van der Waals surface area contributed by atoms with Gasteiger partial charge in [0.25, 0.3) is 5.91 Å². The van der Waals surface area contributed by atoms with Crippen LogP contribution in [-0.2, 0) is 23.1 Å². The molecule has 1 aromatic heterocycles. The molecule has 0 bridgehead atoms. The van der Waals surface area contributed by atoms with Gasteiger partial charge in [-0.1, -0.05) is 46.3 Å². The Morgan fingerprint density at radius 3 is 2.53 bits per heavy atom. The number of carbonyl (C=O) groups excluding carboxylic acids is 1. The predicted molar refractivity (Wildman–Crippen MR) is 123 cm³/mol. The second-order valence-electron chi connectivity index (χ2n) is 7.04. The maximum absolute atomic E-state index is 12.4. The average molecular weight is 489 g/mol. The molecule has 0 spiro atoms. The summed E-state index contributed by atoms with van der Waals surface area (Å²) in [4.78, 5) is 15.2. The van der Waals surface area contributed by atoms with Crippen LogP contribution in [0.2, 0.25) is 0 Å². The van der Waals surface area contributed by atoms with Gasteiger partial charge in [0.05, 0.1) is 16.6 Å². The highest BCUT2D eigenvalue weighted by Crippen LogP contribution is 2.17. The lowest BCUT2D eigenvalue weighted by Crippen LogP contribution is -2.27. The molecule has 0 aliphatic carbocycles. The summed E-state index contributed by atoms with van der Waals surface area (Å²) in [6, 6.07) is 21.0. The second kappa shape index (κ2) is 11.2. The molecule has 7 heteroatoms. The van der Waals surface area contributed by atoms with Crippen molar-refractivity contribution in [3.63, 3.8) is 0 Å². The number of amides is 1. The molecule has 1 heterocycles. The summed E-state index contributed by atoms with van der Waals surface area (Å²) < 4.78 is 19.0. The molecule has 1 atom stereocenters. The molecule has 1 N–H and O–H groups in total. The Kier molecular flexibility index (Phi) is 8.42. The van der Waals surface area contributed by atoms with Gasteiger partial charge < -0.3 is 14.6 Å². The number of furan rings is 1. The Morgan fingerprint density at radius 2 is 1.80 bits per heavy atom. The van der Waals surface area contributed by atoms with E-state index in [1.165, 1.54) is 5.56 Å². The Hall–Kier alpha value is -2.22. The summed E-state index contributed by atoms with van der Waals surface area (Å²) in [5, 5.41) is 2.88. The summed E-state index contributed by atoms with van der Waals surface area (Å²) in [7, 11) is 0.845. The fourth-order valence-corrected chi connectivity index (χ4v) is 4.27. The molecular formula is C23H25BrN2O3S. The fourth-order valence-electron chi connectivity index (χ4n) is 2.99. The van der Waals surface area contributed by atoms with Gasteiger partial charge in [-0.25, -0.2) is 0 Å². The molecule has 0 aliphatic rings. The monoisotopic (exact) mass is 488 g/mol. The third-order valence-electron chi connectivity index (χ3n) is 4.53. The summed E-state index contributed by atoms with van der Waals surface area (Å²) in [6.45, 7) is 2.33. The van der Waals surface area contributed by atoms with E-state index in [1.54, 1.807) is 12.1 Å². The molecule has 0 radical (unpaired) electrons. The first-order valence-corrected chi connectivity index (χ1v) is 11.9. The van der Waals surface area contributed by atoms with E-state index in [9.17, 15) is 9.00 Å². The van der Waals surface area contributed by atoms with Crippen LogP contribution in [0.4, 0.5) is 0 Å². The van der Waals surface area contributed by atoms with Gasteiger partial charge in [0.1, 0.15) is 5.76 Å². The van der Waals surface area contributed by atoms with Crippen LogP contribution in [0.5, 0.6) is 0 Å². The molecule has 158 valence electrons. The van der Waals surface area contributed by atoms with Crippen molar-refractivity contribution in [2.24, 2.45) is 0 Å². The molecule has 0 unspecified atom stereocenters. The Morgan fingerprint density at radius 1 is 1.07 bits per heavy atom. The largest absolute Gasteiger partial charge is 0.455 e. The second-order valence-corrected chi connectivity index (χ2v) is 9.41. The molecule has 2 aromatic carbocycles. The standard InChI is InChI=1S/C23H25BrN2O3S/c1-26(16-18-6-3-2-4-7-18)15-5-14-25-23(27)22-13-10-20(29-22)17-30(28)21-11-8-19(24)9-12-21/h2-4,6-13H,5,14-17H2,1H3,(H,25,27)/t30-/m1/s1. The summed E-state index contributed by atoms with van der Waals surface area (Å²) in [5.41, 5.74) is 1.27. The number of nitrogens with zero attached hydrogens (tertiary/aromatic N) is 1. The first-order valence-electron chi connectivity index (χ1n) is 9.74. The smallest absolute Gasteiger partial charge is 0.286 e. The van der Waals surface area contributed by atoms with Crippen LogP contribution in [0.1, 0.15) is 28.3 Å². The van der Waals surface area contributed by atoms with Crippen molar-refractivity contribution in [1.82, 2.24) is 10.2 Å². The molecule has 0 aliphatic heterocycles. The van der Waals surface area contributed by atoms with Crippen molar-refractivity contribution < 1.29 is 13.4 Å². The lowest BCUT2D eigenvalue weighted by Gasteiger charge is -2.16. The maximum Gasteiger partial charge on any atom is 0.286 e. The molecule has 5 nitrogen and oxygen atoms in total. The van der Waals surface area contributed by atoms with Crippen molar-refractivity contribution in [2.75, 3.05) is 20.1 Å². The normalized spacial score (nSPS) is 12.1. The summed E-state index contributed by atoms with van der Waals surface area (Å²) in [5.74, 6) is 0.764. The van der Waals surface area contributed by atoms with Crippen molar-refractivity contribution in [1.29, 1.82) is 0 Å². The minimum absolute atomic E-state index is 0.235. The SMILES string of the molecule is CN(CCCNC(=O)c1ccc(C[S@@](=O)c2ccc(Br)cc2)o1)Cc1ccccc1. The highest BCUT2D eigenvalue weighted by molar-refractivity contribution is 9.10. The molecule has 3 aromatic rings. The number of rotatable bonds is 10. The maximum atomic E-state index is 12.4. The van der Waals surface area contributed by atoms with Crippen molar-refractivity contribution in [3.8, 4) is 0 Å². The molecule has 3 rings (SSSR count). The van der Waals surface area contributed by atoms with Crippen molar-refractivity contribution in [2.45, 2.75) is 23.6 Å². The van der Waals surface area contributed by atoms with E-state index < -0.39 is 10.8 Å². The first kappa shape index (κ1) is 22.5. The molecule has 0 fully saturated rings. The Labute approximate surface area is 188 Å². The van der Waals surface area contributed by atoms with Gasteiger partial charge in [-0.15, -0.1) is 0 Å². The third-order valence-corrected chi connectivity index (χ3v) is 6.41. The van der Waals surface area contributed by atoms with Gasteiger partial charge >= 0.3 is 0 Å². The lowest BCUT2D eigenvalue weighted by atomic mass is 10.2. The molecule has 0 saturated carbocycles. The minimum Gasteiger partial charge on any atom is -0.455 e. The highest BCUT2D eigenvalue weighted by Gasteiger charge is 2.13. The quantitative estimate of drug-likeness (QED) is 0.423. The zero-order chi connectivity index (χ0) is 21.3. The summed E-state index contributed by atoms with van der Waals surface area (Å²) in [6.07, 6.45) is 0.843. The van der Waals surface area contributed by atoms with Gasteiger partial charge in [0.15, 0.2) is 5.76 Å². The van der Waals surface area contributed by atoms with Gasteiger partial charge in [0, 0.05) is 22.5 Å². The van der Waals surface area contributed by atoms with E-state index in [4.69, 9.17) is 4.42 Å². The number of hydrogen-bond acceptors (Lipinski definition) is 4. The molecular weight excluding hydrogens is 464 g/mol. The summed E-state index contributed by atoms with van der Waals surface area (Å²) >= 11 is 3.36. The zero-order valence-corrected chi connectivity index (χ0v) is 19.2. The van der Waals surface area contributed by atoms with E-state index >= 15 is 0 Å². The van der Waals surface area contributed by atoms with E-state index in [-0.39, 0.29) is 17.4 Å². The van der Waals surface area contributed by atoms with Gasteiger partial charge in [-0.2, -0.15) is 0 Å². The molecule has 30 heavy (non-hydrogen) atoms. The van der Waals surface area contributed by atoms with Crippen molar-refractivity contribution >= 4 is 32.6 Å². The van der Waals surface area contributed by atoms with Crippen molar-refractivity contribution in [3.05, 3.63) is 88.3 Å². The predicted octanol–water partition coefficient (Wildman–Crippen LogP) is 4.60. The van der Waals surface area contributed by atoms with Crippen LogP contribution in [0.25, 0.3) is 0 Å². The van der Waals surface area contributed by atoms with E-state index in [2.05, 4.69) is 45.3 Å². The molecule has 1 amide bonds. The van der Waals surface area contributed by atoms with E-state index in [0.717, 1.165) is 28.9 Å². The van der Waals surface area contributed by atoms with Gasteiger partial charge in [-0.05, 0) is 62.0 Å². The van der Waals surface area contributed by atoms with E-state index in [1.807, 2.05) is 42.5 Å². The topological polar surface area (TPSA) is 62.6 Å². The van der Waals surface area contributed by atoms with E-state index in [0.29, 0.717) is 12.3 Å². The molecule has 0 saturated heterocycles. The third kappa shape index (κ3) is 6.93. The fraction of sp³-hybridized carbons (Fsp3) is 0.261. The van der Waals surface area contributed by atoms with Crippen LogP contribution in [0.3, 0.4) is 0 Å². The van der Waals surface area contributed by atoms with Crippen LogP contribution in [0.15, 0.2) is 80.5 Å². The lowest BCUT2D eigenvalue weighted by molar-refractivity contribution is 0.0922. The Balaban J connectivity index is 1.40. The van der Waals surface area contributed by atoms with Crippen LogP contribution >= 0.6 is 15.9 Å². The van der Waals surface area contributed by atoms with Crippen LogP contribution < -0.4 is 5.32 Å². The highest BCUT2D eigenvalue weighted by atomic mass is 79.9. The number of hydrogen-bond donors (Lipinski definition) is 1.